The lowest BCUT2D eigenvalue weighted by Gasteiger charge is -2.22. The van der Waals surface area contributed by atoms with E-state index in [1.807, 2.05) is 42.7 Å². The number of nitrogens with zero attached hydrogens (tertiary/aromatic N) is 1. The van der Waals surface area contributed by atoms with Crippen molar-refractivity contribution in [3.63, 3.8) is 0 Å². The Morgan fingerprint density at radius 1 is 1.11 bits per heavy atom. The average Bonchev–Trinajstić information content (AvgIpc) is 2.96. The second-order valence-electron chi connectivity index (χ2n) is 8.43. The number of fused-ring (bicyclic) bond motifs is 1. The number of carbonyl (C=O) groups excluding carboxylic acids is 1. The standard InChI is InChI=1S/C23H29N3O2/c1-15-7-16(2)9-17(8-15)12-26-20-6-5-19(24)10-18(20)11-21(26)22(28)25-13-23(3,4)14-27/h5-11,27H,12-14,24H2,1-4H3,(H,25,28). The van der Waals surface area contributed by atoms with Crippen LogP contribution < -0.4 is 11.1 Å². The largest absolute Gasteiger partial charge is 0.399 e. The van der Waals surface area contributed by atoms with Crippen molar-refractivity contribution in [2.45, 2.75) is 34.2 Å². The number of nitrogen functional groups attached to an aromatic ring is 1. The van der Waals surface area contributed by atoms with Gasteiger partial charge in [0.2, 0.25) is 0 Å². The van der Waals surface area contributed by atoms with E-state index in [1.165, 1.54) is 11.1 Å². The zero-order chi connectivity index (χ0) is 20.5. The van der Waals surface area contributed by atoms with Crippen molar-refractivity contribution in [3.05, 3.63) is 64.8 Å². The Bertz CT molecular complexity index is 998. The molecule has 0 aliphatic carbocycles. The van der Waals surface area contributed by atoms with E-state index in [0.29, 0.717) is 24.5 Å². The van der Waals surface area contributed by atoms with E-state index in [0.717, 1.165) is 16.5 Å². The molecule has 5 nitrogen and oxygen atoms in total. The molecule has 0 saturated heterocycles. The van der Waals surface area contributed by atoms with Gasteiger partial charge in [0.1, 0.15) is 5.69 Å². The summed E-state index contributed by atoms with van der Waals surface area (Å²) in [6.07, 6.45) is 0. The molecular formula is C23H29N3O2. The van der Waals surface area contributed by atoms with Crippen LogP contribution in [0.15, 0.2) is 42.5 Å². The highest BCUT2D eigenvalue weighted by Crippen LogP contribution is 2.24. The number of aliphatic hydroxyl groups excluding tert-OH is 1. The molecule has 0 spiro atoms. The number of aryl methyl sites for hydroxylation is 2. The van der Waals surface area contributed by atoms with Gasteiger partial charge in [-0.2, -0.15) is 0 Å². The maximum Gasteiger partial charge on any atom is 0.267 e. The number of hydrogen-bond acceptors (Lipinski definition) is 3. The molecule has 0 bridgehead atoms. The molecule has 4 N–H and O–H groups in total. The summed E-state index contributed by atoms with van der Waals surface area (Å²) in [4.78, 5) is 13.0. The lowest BCUT2D eigenvalue weighted by Crippen LogP contribution is -2.36. The summed E-state index contributed by atoms with van der Waals surface area (Å²) < 4.78 is 2.03. The number of carbonyl (C=O) groups is 1. The number of nitrogens with one attached hydrogen (secondary N) is 1. The first-order valence-electron chi connectivity index (χ1n) is 9.53. The molecule has 1 aromatic heterocycles. The molecule has 0 aliphatic rings. The Labute approximate surface area is 166 Å². The van der Waals surface area contributed by atoms with Gasteiger partial charge in [-0.05, 0) is 43.7 Å². The molecule has 3 rings (SSSR count). The smallest absolute Gasteiger partial charge is 0.267 e. The van der Waals surface area contributed by atoms with E-state index < -0.39 is 0 Å². The number of rotatable bonds is 6. The quantitative estimate of drug-likeness (QED) is 0.572. The predicted octanol–water partition coefficient (Wildman–Crippen LogP) is 3.64. The lowest BCUT2D eigenvalue weighted by atomic mass is 9.95. The van der Waals surface area contributed by atoms with Crippen LogP contribution in [0.3, 0.4) is 0 Å². The summed E-state index contributed by atoms with van der Waals surface area (Å²) in [5.41, 5.74) is 11.4. The van der Waals surface area contributed by atoms with Gasteiger partial charge in [-0.15, -0.1) is 0 Å². The van der Waals surface area contributed by atoms with Crippen molar-refractivity contribution in [1.82, 2.24) is 9.88 Å². The predicted molar refractivity (Wildman–Crippen MR) is 115 cm³/mol. The summed E-state index contributed by atoms with van der Waals surface area (Å²) in [6, 6.07) is 14.0. The van der Waals surface area contributed by atoms with Gasteiger partial charge < -0.3 is 20.7 Å². The lowest BCUT2D eigenvalue weighted by molar-refractivity contribution is 0.0903. The number of nitrogens with two attached hydrogens (primary N) is 1. The summed E-state index contributed by atoms with van der Waals surface area (Å²) in [6.45, 7) is 9.00. The summed E-state index contributed by atoms with van der Waals surface area (Å²) >= 11 is 0. The van der Waals surface area contributed by atoms with E-state index in [4.69, 9.17) is 5.73 Å². The van der Waals surface area contributed by atoms with Crippen molar-refractivity contribution in [3.8, 4) is 0 Å². The van der Waals surface area contributed by atoms with Crippen molar-refractivity contribution < 1.29 is 9.90 Å². The van der Waals surface area contributed by atoms with Gasteiger partial charge in [0.05, 0.1) is 0 Å². The minimum Gasteiger partial charge on any atom is -0.399 e. The number of anilines is 1. The second kappa shape index (κ2) is 7.68. The molecule has 0 unspecified atom stereocenters. The molecule has 0 atom stereocenters. The van der Waals surface area contributed by atoms with E-state index >= 15 is 0 Å². The van der Waals surface area contributed by atoms with E-state index in [-0.39, 0.29) is 17.9 Å². The Morgan fingerprint density at radius 3 is 2.43 bits per heavy atom. The van der Waals surface area contributed by atoms with Crippen LogP contribution in [-0.4, -0.2) is 28.7 Å². The minimum atomic E-state index is -0.370. The molecule has 3 aromatic rings. The number of benzene rings is 2. The highest BCUT2D eigenvalue weighted by molar-refractivity contribution is 5.99. The van der Waals surface area contributed by atoms with Crippen LogP contribution in [0.5, 0.6) is 0 Å². The first-order valence-corrected chi connectivity index (χ1v) is 9.53. The Morgan fingerprint density at radius 2 is 1.79 bits per heavy atom. The third-order valence-corrected chi connectivity index (χ3v) is 4.94. The average molecular weight is 380 g/mol. The molecule has 0 radical (unpaired) electrons. The van der Waals surface area contributed by atoms with Crippen molar-refractivity contribution in [2.24, 2.45) is 5.41 Å². The maximum absolute atomic E-state index is 13.0. The van der Waals surface area contributed by atoms with Gasteiger partial charge in [0.15, 0.2) is 0 Å². The molecular weight excluding hydrogens is 350 g/mol. The van der Waals surface area contributed by atoms with Crippen LogP contribution in [-0.2, 0) is 6.54 Å². The SMILES string of the molecule is Cc1cc(C)cc(Cn2c(C(=O)NCC(C)(C)CO)cc3cc(N)ccc32)c1. The number of aromatic nitrogens is 1. The maximum atomic E-state index is 13.0. The van der Waals surface area contributed by atoms with Gasteiger partial charge in [-0.1, -0.05) is 43.2 Å². The van der Waals surface area contributed by atoms with Crippen LogP contribution in [0.2, 0.25) is 0 Å². The van der Waals surface area contributed by atoms with Crippen LogP contribution in [0.25, 0.3) is 10.9 Å². The molecule has 28 heavy (non-hydrogen) atoms. The normalized spacial score (nSPS) is 11.8. The summed E-state index contributed by atoms with van der Waals surface area (Å²) in [7, 11) is 0. The van der Waals surface area contributed by atoms with E-state index in [2.05, 4.69) is 37.4 Å². The van der Waals surface area contributed by atoms with Crippen molar-refractivity contribution >= 4 is 22.5 Å². The number of hydrogen-bond donors (Lipinski definition) is 3. The van der Waals surface area contributed by atoms with Gasteiger partial charge in [0, 0.05) is 41.7 Å². The Balaban J connectivity index is 2.01. The van der Waals surface area contributed by atoms with Crippen LogP contribution in [0.4, 0.5) is 5.69 Å². The summed E-state index contributed by atoms with van der Waals surface area (Å²) in [5, 5.41) is 13.4. The van der Waals surface area contributed by atoms with Gasteiger partial charge in [-0.25, -0.2) is 0 Å². The number of aliphatic hydroxyl groups is 1. The van der Waals surface area contributed by atoms with Gasteiger partial charge in [-0.3, -0.25) is 4.79 Å². The fourth-order valence-electron chi connectivity index (χ4n) is 3.46. The third-order valence-electron chi connectivity index (χ3n) is 4.94. The van der Waals surface area contributed by atoms with Crippen LogP contribution in [0.1, 0.15) is 41.0 Å². The summed E-state index contributed by atoms with van der Waals surface area (Å²) in [5.74, 6) is -0.152. The molecule has 1 heterocycles. The first kappa shape index (κ1) is 20.0. The molecule has 0 aliphatic heterocycles. The highest BCUT2D eigenvalue weighted by Gasteiger charge is 2.21. The molecule has 148 valence electrons. The molecule has 2 aromatic carbocycles. The first-order chi connectivity index (χ1) is 13.2. The fraction of sp³-hybridized carbons (Fsp3) is 0.348. The van der Waals surface area contributed by atoms with Crippen molar-refractivity contribution in [2.75, 3.05) is 18.9 Å². The highest BCUT2D eigenvalue weighted by atomic mass is 16.3. The van der Waals surface area contributed by atoms with Crippen molar-refractivity contribution in [1.29, 1.82) is 0 Å². The molecule has 5 heteroatoms. The Kier molecular flexibility index (Phi) is 5.47. The fourth-order valence-corrected chi connectivity index (χ4v) is 3.46. The second-order valence-corrected chi connectivity index (χ2v) is 8.43. The topological polar surface area (TPSA) is 80.3 Å². The monoisotopic (exact) mass is 379 g/mol. The third kappa shape index (κ3) is 4.37. The zero-order valence-electron chi connectivity index (χ0n) is 17.0. The van der Waals surface area contributed by atoms with E-state index in [9.17, 15) is 9.90 Å². The molecule has 1 amide bonds. The zero-order valence-corrected chi connectivity index (χ0v) is 17.0. The van der Waals surface area contributed by atoms with Crippen LogP contribution in [0, 0.1) is 19.3 Å². The minimum absolute atomic E-state index is 0.00930. The molecule has 0 saturated carbocycles. The van der Waals surface area contributed by atoms with Crippen LogP contribution >= 0.6 is 0 Å². The van der Waals surface area contributed by atoms with Gasteiger partial charge >= 0.3 is 0 Å². The Hall–Kier alpha value is -2.79. The molecule has 0 fully saturated rings. The van der Waals surface area contributed by atoms with Gasteiger partial charge in [0.25, 0.3) is 5.91 Å². The van der Waals surface area contributed by atoms with E-state index in [1.54, 1.807) is 0 Å². The number of amides is 1.